The van der Waals surface area contributed by atoms with Crippen molar-refractivity contribution in [2.75, 3.05) is 36.0 Å². The van der Waals surface area contributed by atoms with Gasteiger partial charge in [0.1, 0.15) is 5.82 Å². The van der Waals surface area contributed by atoms with Crippen LogP contribution in [-0.4, -0.2) is 36.1 Å². The quantitative estimate of drug-likeness (QED) is 0.788. The molecule has 4 rings (SSSR count). The Bertz CT molecular complexity index is 886. The maximum Gasteiger partial charge on any atom is 0.203 e. The summed E-state index contributed by atoms with van der Waals surface area (Å²) in [7, 11) is 0. The van der Waals surface area contributed by atoms with Crippen LogP contribution in [0.4, 0.5) is 16.0 Å². The molecule has 0 aliphatic carbocycles. The highest BCUT2D eigenvalue weighted by Crippen LogP contribution is 2.24. The fourth-order valence-electron chi connectivity index (χ4n) is 3.08. The molecule has 0 spiro atoms. The lowest BCUT2D eigenvalue weighted by Crippen LogP contribution is -2.47. The van der Waals surface area contributed by atoms with Crippen LogP contribution in [-0.2, 0) is 0 Å². The predicted octanol–water partition coefficient (Wildman–Crippen LogP) is 2.90. The molecule has 0 unspecified atom stereocenters. The van der Waals surface area contributed by atoms with Crippen LogP contribution >= 0.6 is 0 Å². The van der Waals surface area contributed by atoms with Gasteiger partial charge in [0.15, 0.2) is 0 Å². The average Bonchev–Trinajstić information content (AvgIpc) is 3.06. The summed E-state index contributed by atoms with van der Waals surface area (Å²) in [6.07, 6.45) is 0. The largest absolute Gasteiger partial charge is 0.366 e. The Balaban J connectivity index is 1.49. The van der Waals surface area contributed by atoms with Crippen LogP contribution in [0.5, 0.6) is 0 Å². The summed E-state index contributed by atoms with van der Waals surface area (Å²) in [5, 5.41) is 8.84. The first kappa shape index (κ1) is 14.5. The predicted molar refractivity (Wildman–Crippen MR) is 91.6 cm³/mol. The van der Waals surface area contributed by atoms with Crippen LogP contribution in [0, 0.1) is 17.1 Å². The van der Waals surface area contributed by atoms with Crippen molar-refractivity contribution in [3.8, 4) is 6.07 Å². The van der Waals surface area contributed by atoms with Crippen molar-refractivity contribution in [1.29, 1.82) is 5.26 Å². The van der Waals surface area contributed by atoms with Gasteiger partial charge in [-0.3, -0.25) is 0 Å². The number of piperazine rings is 1. The molecule has 0 bridgehead atoms. The van der Waals surface area contributed by atoms with E-state index < -0.39 is 0 Å². The Labute approximate surface area is 138 Å². The number of aromatic amines is 1. The highest BCUT2D eigenvalue weighted by Gasteiger charge is 2.21. The smallest absolute Gasteiger partial charge is 0.203 e. The van der Waals surface area contributed by atoms with Gasteiger partial charge in [-0.25, -0.2) is 9.37 Å². The van der Waals surface area contributed by atoms with Crippen LogP contribution in [0.3, 0.4) is 0 Å². The number of nitriles is 1. The summed E-state index contributed by atoms with van der Waals surface area (Å²) in [6, 6.07) is 14.5. The fourth-order valence-corrected chi connectivity index (χ4v) is 3.08. The fraction of sp³-hybridized carbons (Fsp3) is 0.222. The molecular weight excluding hydrogens is 305 g/mol. The number of nitrogens with zero attached hydrogens (tertiary/aromatic N) is 4. The minimum atomic E-state index is -0.341. The second-order valence-electron chi connectivity index (χ2n) is 5.83. The van der Waals surface area contributed by atoms with Crippen LogP contribution in [0.2, 0.25) is 0 Å². The number of hydrogen-bond donors (Lipinski definition) is 1. The molecule has 0 saturated carbocycles. The topological polar surface area (TPSA) is 59.0 Å². The highest BCUT2D eigenvalue weighted by atomic mass is 19.1. The summed E-state index contributed by atoms with van der Waals surface area (Å²) in [6.45, 7) is 2.94. The van der Waals surface area contributed by atoms with E-state index in [9.17, 15) is 4.39 Å². The molecule has 120 valence electrons. The minimum Gasteiger partial charge on any atom is -0.366 e. The highest BCUT2D eigenvalue weighted by molar-refractivity contribution is 5.77. The molecule has 1 aliphatic rings. The van der Waals surface area contributed by atoms with Gasteiger partial charge in [-0.1, -0.05) is 12.1 Å². The van der Waals surface area contributed by atoms with Gasteiger partial charge in [-0.05, 0) is 30.3 Å². The Kier molecular flexibility index (Phi) is 3.54. The van der Waals surface area contributed by atoms with Gasteiger partial charge in [0.25, 0.3) is 0 Å². The molecule has 2 heterocycles. The number of hydrogen-bond acceptors (Lipinski definition) is 4. The molecule has 5 nitrogen and oxygen atoms in total. The Morgan fingerprint density at radius 3 is 2.50 bits per heavy atom. The second kappa shape index (κ2) is 5.85. The number of H-pyrrole nitrogens is 1. The first-order valence-corrected chi connectivity index (χ1v) is 7.89. The Morgan fingerprint density at radius 1 is 1.04 bits per heavy atom. The summed E-state index contributed by atoms with van der Waals surface area (Å²) >= 11 is 0. The molecule has 1 aliphatic heterocycles. The summed E-state index contributed by atoms with van der Waals surface area (Å²) in [4.78, 5) is 12.1. The molecule has 2 aromatic carbocycles. The van der Waals surface area contributed by atoms with Crippen molar-refractivity contribution in [3.63, 3.8) is 0 Å². The zero-order valence-electron chi connectivity index (χ0n) is 13.0. The molecule has 24 heavy (non-hydrogen) atoms. The number of fused-ring (bicyclic) bond motifs is 1. The van der Waals surface area contributed by atoms with Crippen LogP contribution in [0.1, 0.15) is 5.56 Å². The van der Waals surface area contributed by atoms with E-state index in [1.165, 1.54) is 6.07 Å². The van der Waals surface area contributed by atoms with Gasteiger partial charge >= 0.3 is 0 Å². The molecule has 6 heteroatoms. The number of benzene rings is 2. The lowest BCUT2D eigenvalue weighted by atomic mass is 10.2. The zero-order chi connectivity index (χ0) is 16.5. The van der Waals surface area contributed by atoms with Crippen molar-refractivity contribution >= 4 is 22.7 Å². The van der Waals surface area contributed by atoms with Gasteiger partial charge in [0.2, 0.25) is 5.95 Å². The van der Waals surface area contributed by atoms with Crippen LogP contribution in [0.25, 0.3) is 11.0 Å². The standard InChI is InChI=1S/C18H16FN5/c19-14-11-13(12-20)5-6-17(14)23-7-9-24(10-8-23)18-21-15-3-1-2-4-16(15)22-18/h1-6,11H,7-10H2,(H,21,22). The number of rotatable bonds is 2. The van der Waals surface area contributed by atoms with Crippen molar-refractivity contribution < 1.29 is 4.39 Å². The van der Waals surface area contributed by atoms with Gasteiger partial charge in [-0.15, -0.1) is 0 Å². The molecule has 0 atom stereocenters. The van der Waals surface area contributed by atoms with Crippen molar-refractivity contribution in [2.45, 2.75) is 0 Å². The van der Waals surface area contributed by atoms with Crippen LogP contribution in [0.15, 0.2) is 42.5 Å². The van der Waals surface area contributed by atoms with E-state index in [2.05, 4.69) is 14.9 Å². The van der Waals surface area contributed by atoms with E-state index in [-0.39, 0.29) is 5.82 Å². The third-order valence-corrected chi connectivity index (χ3v) is 4.37. The van der Waals surface area contributed by atoms with Gasteiger partial charge < -0.3 is 14.8 Å². The minimum absolute atomic E-state index is 0.341. The molecule has 1 saturated heterocycles. The third-order valence-electron chi connectivity index (χ3n) is 4.37. The number of aromatic nitrogens is 2. The van der Waals surface area contributed by atoms with Crippen molar-refractivity contribution in [1.82, 2.24) is 9.97 Å². The maximum absolute atomic E-state index is 14.2. The Morgan fingerprint density at radius 2 is 1.79 bits per heavy atom. The van der Waals surface area contributed by atoms with E-state index in [1.54, 1.807) is 12.1 Å². The number of anilines is 2. The molecule has 1 N–H and O–H groups in total. The lowest BCUT2D eigenvalue weighted by molar-refractivity contribution is 0.594. The van der Waals surface area contributed by atoms with Gasteiger partial charge in [-0.2, -0.15) is 5.26 Å². The summed E-state index contributed by atoms with van der Waals surface area (Å²) < 4.78 is 14.2. The molecule has 0 amide bonds. The van der Waals surface area contributed by atoms with E-state index in [0.29, 0.717) is 24.3 Å². The van der Waals surface area contributed by atoms with Crippen molar-refractivity contribution in [2.24, 2.45) is 0 Å². The summed E-state index contributed by atoms with van der Waals surface area (Å²) in [5.74, 6) is 0.516. The normalized spacial score (nSPS) is 14.8. The Hall–Kier alpha value is -3.07. The summed E-state index contributed by atoms with van der Waals surface area (Å²) in [5.41, 5.74) is 2.87. The van der Waals surface area contributed by atoms with Crippen molar-refractivity contribution in [3.05, 3.63) is 53.8 Å². The number of imidazole rings is 1. The second-order valence-corrected chi connectivity index (χ2v) is 5.83. The number of para-hydroxylation sites is 2. The first-order valence-electron chi connectivity index (χ1n) is 7.89. The third kappa shape index (κ3) is 2.54. The average molecular weight is 321 g/mol. The van der Waals surface area contributed by atoms with E-state index in [4.69, 9.17) is 5.26 Å². The maximum atomic E-state index is 14.2. The molecule has 1 aromatic heterocycles. The van der Waals surface area contributed by atoms with E-state index >= 15 is 0 Å². The first-order chi connectivity index (χ1) is 11.7. The van der Waals surface area contributed by atoms with Gasteiger partial charge in [0, 0.05) is 26.2 Å². The molecule has 1 fully saturated rings. The molecule has 0 radical (unpaired) electrons. The zero-order valence-corrected chi connectivity index (χ0v) is 13.0. The SMILES string of the molecule is N#Cc1ccc(N2CCN(c3nc4ccccc4[nH]3)CC2)c(F)c1. The van der Waals surface area contributed by atoms with E-state index in [1.807, 2.05) is 35.2 Å². The number of nitrogens with one attached hydrogen (secondary N) is 1. The molecule has 3 aromatic rings. The molecular formula is C18H16FN5. The van der Waals surface area contributed by atoms with E-state index in [0.717, 1.165) is 30.1 Å². The number of halogens is 1. The monoisotopic (exact) mass is 321 g/mol. The van der Waals surface area contributed by atoms with Gasteiger partial charge in [0.05, 0.1) is 28.4 Å². The van der Waals surface area contributed by atoms with Crippen LogP contribution < -0.4 is 9.80 Å². The lowest BCUT2D eigenvalue weighted by Gasteiger charge is -2.36.